The highest BCUT2D eigenvalue weighted by Gasteiger charge is 2.07. The minimum absolute atomic E-state index is 0.0622. The number of fused-ring (bicyclic) bond motifs is 1. The van der Waals surface area contributed by atoms with Crippen molar-refractivity contribution >= 4 is 16.8 Å². The summed E-state index contributed by atoms with van der Waals surface area (Å²) in [5, 5.41) is 3.90. The third-order valence-corrected chi connectivity index (χ3v) is 4.85. The Kier molecular flexibility index (Phi) is 6.14. The van der Waals surface area contributed by atoms with E-state index >= 15 is 0 Å². The number of aromatic amines is 1. The first-order valence-corrected chi connectivity index (χ1v) is 9.58. The lowest BCUT2D eigenvalue weighted by atomic mass is 10.0. The number of hydrogen-bond acceptors (Lipinski definition) is 3. The zero-order valence-electron chi connectivity index (χ0n) is 16.6. The number of amides is 1. The third-order valence-electron chi connectivity index (χ3n) is 4.85. The van der Waals surface area contributed by atoms with Crippen LogP contribution in [-0.4, -0.2) is 24.0 Å². The van der Waals surface area contributed by atoms with Gasteiger partial charge in [0.15, 0.2) is 0 Å². The molecule has 28 heavy (non-hydrogen) atoms. The van der Waals surface area contributed by atoms with Gasteiger partial charge in [-0.15, -0.1) is 0 Å². The highest BCUT2D eigenvalue weighted by atomic mass is 16.5. The fourth-order valence-electron chi connectivity index (χ4n) is 3.16. The van der Waals surface area contributed by atoms with Crippen LogP contribution in [0.25, 0.3) is 10.9 Å². The molecular weight excluding hydrogens is 352 g/mol. The number of H-pyrrole nitrogens is 1. The van der Waals surface area contributed by atoms with Gasteiger partial charge in [0.25, 0.3) is 5.56 Å². The van der Waals surface area contributed by atoms with Crippen molar-refractivity contribution in [1.29, 1.82) is 0 Å². The summed E-state index contributed by atoms with van der Waals surface area (Å²) in [5.74, 6) is 0.737. The number of pyridine rings is 1. The Morgan fingerprint density at radius 2 is 1.79 bits per heavy atom. The second-order valence-electron chi connectivity index (χ2n) is 7.00. The number of hydrogen-bond donors (Lipinski definition) is 2. The maximum atomic E-state index is 12.3. The summed E-state index contributed by atoms with van der Waals surface area (Å²) in [6, 6.07) is 13.5. The van der Waals surface area contributed by atoms with Gasteiger partial charge in [-0.05, 0) is 79.6 Å². The van der Waals surface area contributed by atoms with Crippen molar-refractivity contribution in [2.75, 3.05) is 13.2 Å². The molecule has 3 aromatic rings. The van der Waals surface area contributed by atoms with Crippen molar-refractivity contribution in [2.24, 2.45) is 0 Å². The standard InChI is InChI=1S/C23H26N2O3/c1-4-28-20-7-5-17(6-8-20)13-22(26)24-10-9-18-14-19-11-15(2)16(3)12-21(19)25-23(18)27/h5-8,11-12,14H,4,9-10,13H2,1-3H3,(H,24,26)(H,25,27). The van der Waals surface area contributed by atoms with E-state index in [0.717, 1.165) is 27.8 Å². The first-order chi connectivity index (χ1) is 13.5. The van der Waals surface area contributed by atoms with Crippen molar-refractivity contribution < 1.29 is 9.53 Å². The van der Waals surface area contributed by atoms with Crippen molar-refractivity contribution in [3.8, 4) is 5.75 Å². The Bertz CT molecular complexity index is 1040. The molecule has 0 fully saturated rings. The van der Waals surface area contributed by atoms with Gasteiger partial charge in [-0.2, -0.15) is 0 Å². The Morgan fingerprint density at radius 1 is 1.07 bits per heavy atom. The number of carbonyl (C=O) groups excluding carboxylic acids is 1. The molecule has 1 amide bonds. The molecule has 0 atom stereocenters. The van der Waals surface area contributed by atoms with Gasteiger partial charge in [0, 0.05) is 17.6 Å². The van der Waals surface area contributed by atoms with Crippen LogP contribution in [0.5, 0.6) is 5.75 Å². The van der Waals surface area contributed by atoms with E-state index in [0.29, 0.717) is 31.6 Å². The van der Waals surface area contributed by atoms with E-state index < -0.39 is 0 Å². The minimum atomic E-state index is -0.100. The summed E-state index contributed by atoms with van der Waals surface area (Å²) < 4.78 is 5.40. The van der Waals surface area contributed by atoms with Gasteiger partial charge in [0.2, 0.25) is 5.91 Å². The zero-order valence-corrected chi connectivity index (χ0v) is 16.6. The Labute approximate surface area is 164 Å². The number of benzene rings is 2. The molecule has 3 rings (SSSR count). The second-order valence-corrected chi connectivity index (χ2v) is 7.00. The zero-order chi connectivity index (χ0) is 20.1. The maximum absolute atomic E-state index is 12.3. The Morgan fingerprint density at radius 3 is 2.50 bits per heavy atom. The Hall–Kier alpha value is -3.08. The van der Waals surface area contributed by atoms with Crippen LogP contribution in [0.2, 0.25) is 0 Å². The minimum Gasteiger partial charge on any atom is -0.494 e. The van der Waals surface area contributed by atoms with Crippen LogP contribution < -0.4 is 15.6 Å². The third kappa shape index (κ3) is 4.80. The highest BCUT2D eigenvalue weighted by Crippen LogP contribution is 2.17. The van der Waals surface area contributed by atoms with Gasteiger partial charge in [-0.25, -0.2) is 0 Å². The molecule has 0 aliphatic rings. The molecule has 2 aromatic carbocycles. The van der Waals surface area contributed by atoms with Crippen LogP contribution in [0, 0.1) is 13.8 Å². The number of aromatic nitrogens is 1. The summed E-state index contributed by atoms with van der Waals surface area (Å²) in [5.41, 5.74) is 4.69. The van der Waals surface area contributed by atoms with Crippen molar-refractivity contribution in [2.45, 2.75) is 33.6 Å². The molecule has 0 spiro atoms. The van der Waals surface area contributed by atoms with Crippen molar-refractivity contribution in [3.05, 3.63) is 75.1 Å². The monoisotopic (exact) mass is 378 g/mol. The smallest absolute Gasteiger partial charge is 0.251 e. The molecular formula is C23H26N2O3. The van der Waals surface area contributed by atoms with Gasteiger partial charge >= 0.3 is 0 Å². The lowest BCUT2D eigenvalue weighted by molar-refractivity contribution is -0.120. The molecule has 0 aliphatic heterocycles. The van der Waals surface area contributed by atoms with Crippen molar-refractivity contribution in [1.82, 2.24) is 10.3 Å². The first-order valence-electron chi connectivity index (χ1n) is 9.58. The number of aryl methyl sites for hydroxylation is 2. The van der Waals surface area contributed by atoms with Crippen LogP contribution in [0.3, 0.4) is 0 Å². The van der Waals surface area contributed by atoms with E-state index in [1.807, 2.05) is 50.2 Å². The molecule has 0 bridgehead atoms. The topological polar surface area (TPSA) is 71.2 Å². The van der Waals surface area contributed by atoms with Crippen LogP contribution in [0.15, 0.2) is 47.3 Å². The first kappa shape index (κ1) is 19.7. The van der Waals surface area contributed by atoms with Crippen LogP contribution in [0.4, 0.5) is 0 Å². The van der Waals surface area contributed by atoms with E-state index in [1.54, 1.807) is 0 Å². The van der Waals surface area contributed by atoms with Crippen LogP contribution in [0.1, 0.15) is 29.2 Å². The van der Waals surface area contributed by atoms with E-state index in [2.05, 4.69) is 23.3 Å². The van der Waals surface area contributed by atoms with Crippen molar-refractivity contribution in [3.63, 3.8) is 0 Å². The summed E-state index contributed by atoms with van der Waals surface area (Å²) in [4.78, 5) is 27.4. The normalized spacial score (nSPS) is 10.8. The quantitative estimate of drug-likeness (QED) is 0.662. The van der Waals surface area contributed by atoms with E-state index in [1.165, 1.54) is 5.56 Å². The SMILES string of the molecule is CCOc1ccc(CC(=O)NCCc2cc3cc(C)c(C)cc3[nH]c2=O)cc1. The van der Waals surface area contributed by atoms with Crippen LogP contribution in [-0.2, 0) is 17.6 Å². The molecule has 0 radical (unpaired) electrons. The van der Waals surface area contributed by atoms with Crippen LogP contribution >= 0.6 is 0 Å². The predicted octanol–water partition coefficient (Wildman–Crippen LogP) is 3.45. The molecule has 146 valence electrons. The molecule has 0 aliphatic carbocycles. The number of carbonyl (C=O) groups is 1. The number of rotatable bonds is 7. The highest BCUT2D eigenvalue weighted by molar-refractivity contribution is 5.81. The predicted molar refractivity (Wildman–Crippen MR) is 112 cm³/mol. The Balaban J connectivity index is 1.58. The van der Waals surface area contributed by atoms with E-state index in [4.69, 9.17) is 4.74 Å². The number of ether oxygens (including phenoxy) is 1. The lowest BCUT2D eigenvalue weighted by Crippen LogP contribution is -2.28. The molecule has 1 heterocycles. The largest absolute Gasteiger partial charge is 0.494 e. The molecule has 0 saturated heterocycles. The summed E-state index contributed by atoms with van der Waals surface area (Å²) in [7, 11) is 0. The number of nitrogens with one attached hydrogen (secondary N) is 2. The van der Waals surface area contributed by atoms with E-state index in [9.17, 15) is 9.59 Å². The summed E-state index contributed by atoms with van der Waals surface area (Å²) >= 11 is 0. The van der Waals surface area contributed by atoms with Gasteiger partial charge in [0.1, 0.15) is 5.75 Å². The molecule has 5 nitrogen and oxygen atoms in total. The van der Waals surface area contributed by atoms with Gasteiger partial charge < -0.3 is 15.0 Å². The fraction of sp³-hybridized carbons (Fsp3) is 0.304. The summed E-state index contributed by atoms with van der Waals surface area (Å²) in [6.45, 7) is 7.06. The average molecular weight is 378 g/mol. The fourth-order valence-corrected chi connectivity index (χ4v) is 3.16. The molecule has 1 aromatic heterocycles. The maximum Gasteiger partial charge on any atom is 0.251 e. The lowest BCUT2D eigenvalue weighted by Gasteiger charge is -2.08. The molecule has 0 unspecified atom stereocenters. The summed E-state index contributed by atoms with van der Waals surface area (Å²) in [6.07, 6.45) is 0.798. The second kappa shape index (κ2) is 8.74. The average Bonchev–Trinajstić information content (AvgIpc) is 2.66. The van der Waals surface area contributed by atoms with Gasteiger partial charge in [-0.3, -0.25) is 9.59 Å². The molecule has 2 N–H and O–H groups in total. The van der Waals surface area contributed by atoms with Gasteiger partial charge in [-0.1, -0.05) is 12.1 Å². The molecule has 5 heteroatoms. The molecule has 0 saturated carbocycles. The van der Waals surface area contributed by atoms with Gasteiger partial charge in [0.05, 0.1) is 13.0 Å². The van der Waals surface area contributed by atoms with E-state index in [-0.39, 0.29) is 11.5 Å².